The van der Waals surface area contributed by atoms with Crippen LogP contribution in [0.3, 0.4) is 0 Å². The zero-order valence-corrected chi connectivity index (χ0v) is 29.7. The number of unbranched alkanes of at least 4 members (excludes halogenated alkanes) is 10. The summed E-state index contributed by atoms with van der Waals surface area (Å²) in [5.41, 5.74) is 0. The van der Waals surface area contributed by atoms with E-state index >= 15 is 0 Å². The molecular formula is C36H63O9P. The van der Waals surface area contributed by atoms with Crippen LogP contribution in [0.2, 0.25) is 0 Å². The Morgan fingerprint density at radius 1 is 0.739 bits per heavy atom. The zero-order valence-electron chi connectivity index (χ0n) is 28.8. The van der Waals surface area contributed by atoms with Gasteiger partial charge in [-0.3, -0.25) is 14.1 Å². The molecule has 0 radical (unpaired) electrons. The van der Waals surface area contributed by atoms with Gasteiger partial charge in [-0.1, -0.05) is 115 Å². The SMILES string of the molecule is CCCCC/C=C\CC1OC1C/C=C\C/C=C\CCCC(=O)O[C@H](COC(=O)CCCCCCCCCC(C)C)COP(=O)(O)O. The van der Waals surface area contributed by atoms with Gasteiger partial charge in [-0.25, -0.2) is 4.57 Å². The Labute approximate surface area is 278 Å². The van der Waals surface area contributed by atoms with Gasteiger partial charge in [-0.05, 0) is 57.3 Å². The Kier molecular flexibility index (Phi) is 25.0. The molecule has 10 heteroatoms. The first-order valence-corrected chi connectivity index (χ1v) is 19.3. The Bertz CT molecular complexity index is 924. The Hall–Kier alpha value is -1.77. The highest BCUT2D eigenvalue weighted by atomic mass is 31.2. The summed E-state index contributed by atoms with van der Waals surface area (Å²) >= 11 is 0. The minimum absolute atomic E-state index is 0.130. The van der Waals surface area contributed by atoms with Gasteiger partial charge in [0.15, 0.2) is 6.10 Å². The van der Waals surface area contributed by atoms with Crippen LogP contribution in [0, 0.1) is 5.92 Å². The average molecular weight is 671 g/mol. The van der Waals surface area contributed by atoms with Crippen LogP contribution >= 0.6 is 7.82 Å². The Balaban J connectivity index is 2.17. The predicted molar refractivity (Wildman–Crippen MR) is 183 cm³/mol. The van der Waals surface area contributed by atoms with Crippen molar-refractivity contribution in [3.8, 4) is 0 Å². The number of epoxide rings is 1. The summed E-state index contributed by atoms with van der Waals surface area (Å²) in [6.07, 6.45) is 30.7. The number of hydrogen-bond acceptors (Lipinski definition) is 7. The van der Waals surface area contributed by atoms with Gasteiger partial charge < -0.3 is 24.0 Å². The first-order valence-electron chi connectivity index (χ1n) is 17.8. The van der Waals surface area contributed by atoms with Gasteiger partial charge in [0.1, 0.15) is 6.61 Å². The van der Waals surface area contributed by atoms with E-state index in [0.29, 0.717) is 31.5 Å². The minimum Gasteiger partial charge on any atom is -0.462 e. The van der Waals surface area contributed by atoms with Crippen molar-refractivity contribution < 1.29 is 42.7 Å². The maximum atomic E-state index is 12.3. The maximum absolute atomic E-state index is 12.3. The van der Waals surface area contributed by atoms with E-state index in [0.717, 1.165) is 50.9 Å². The molecule has 2 N–H and O–H groups in total. The number of rotatable bonds is 30. The molecular weight excluding hydrogens is 607 g/mol. The second-order valence-corrected chi connectivity index (χ2v) is 14.0. The van der Waals surface area contributed by atoms with Gasteiger partial charge in [0, 0.05) is 12.8 Å². The lowest BCUT2D eigenvalue weighted by molar-refractivity contribution is -0.161. The van der Waals surface area contributed by atoms with E-state index in [1.807, 2.05) is 6.08 Å². The van der Waals surface area contributed by atoms with Crippen LogP contribution in [0.1, 0.15) is 143 Å². The predicted octanol–water partition coefficient (Wildman–Crippen LogP) is 9.07. The van der Waals surface area contributed by atoms with E-state index in [2.05, 4.69) is 55.7 Å². The highest BCUT2D eigenvalue weighted by molar-refractivity contribution is 7.46. The number of hydrogen-bond donors (Lipinski definition) is 2. The van der Waals surface area contributed by atoms with Crippen molar-refractivity contribution in [3.05, 3.63) is 36.5 Å². The molecule has 1 saturated heterocycles. The maximum Gasteiger partial charge on any atom is 0.469 e. The number of ether oxygens (including phenoxy) is 3. The van der Waals surface area contributed by atoms with Gasteiger partial charge in [0.05, 0.1) is 18.8 Å². The molecule has 0 aromatic rings. The number of allylic oxidation sites excluding steroid dienone is 4. The Morgan fingerprint density at radius 2 is 1.33 bits per heavy atom. The quantitative estimate of drug-likeness (QED) is 0.0252. The lowest BCUT2D eigenvalue weighted by Gasteiger charge is -2.18. The van der Waals surface area contributed by atoms with Crippen LogP contribution < -0.4 is 0 Å². The van der Waals surface area contributed by atoms with Crippen molar-refractivity contribution in [1.29, 1.82) is 0 Å². The highest BCUT2D eigenvalue weighted by Gasteiger charge is 2.36. The molecule has 1 aliphatic heterocycles. The zero-order chi connectivity index (χ0) is 33.9. The monoisotopic (exact) mass is 670 g/mol. The number of phosphoric acid groups is 1. The molecule has 2 unspecified atom stereocenters. The molecule has 0 aromatic heterocycles. The minimum atomic E-state index is -4.76. The molecule has 0 aromatic carbocycles. The molecule has 1 heterocycles. The van der Waals surface area contributed by atoms with Crippen molar-refractivity contribution >= 4 is 19.8 Å². The fourth-order valence-corrected chi connectivity index (χ4v) is 5.30. The molecule has 46 heavy (non-hydrogen) atoms. The van der Waals surface area contributed by atoms with E-state index in [9.17, 15) is 14.2 Å². The van der Waals surface area contributed by atoms with Gasteiger partial charge in [0.2, 0.25) is 0 Å². The first-order chi connectivity index (χ1) is 22.1. The van der Waals surface area contributed by atoms with Crippen LogP contribution in [0.25, 0.3) is 0 Å². The van der Waals surface area contributed by atoms with Crippen molar-refractivity contribution in [3.63, 3.8) is 0 Å². The average Bonchev–Trinajstić information content (AvgIpc) is 3.75. The molecule has 1 aliphatic rings. The van der Waals surface area contributed by atoms with E-state index in [1.165, 1.54) is 44.9 Å². The standard InChI is InChI=1S/C36H63O9P/c1-4-5-6-7-15-20-25-33-34(45-33)26-21-16-11-9-13-18-23-28-36(38)44-32(30-43-46(39,40)41)29-42-35(37)27-22-17-12-8-10-14-19-24-31(2)3/h9,13,15-16,20-21,31-34H,4-8,10-12,14,17-19,22-30H2,1-3H3,(H2,39,40,41)/b13-9-,20-15-,21-16-/t32-,33?,34?/m1/s1. The molecule has 0 amide bonds. The summed E-state index contributed by atoms with van der Waals surface area (Å²) in [7, 11) is -4.76. The van der Waals surface area contributed by atoms with Crippen LogP contribution in [0.4, 0.5) is 0 Å². The van der Waals surface area contributed by atoms with E-state index < -0.39 is 32.5 Å². The van der Waals surface area contributed by atoms with E-state index in [-0.39, 0.29) is 19.4 Å². The number of carbonyl (C=O) groups excluding carboxylic acids is 2. The second kappa shape index (κ2) is 27.2. The van der Waals surface area contributed by atoms with E-state index in [1.54, 1.807) is 0 Å². The smallest absolute Gasteiger partial charge is 0.462 e. The fraction of sp³-hybridized carbons (Fsp3) is 0.778. The van der Waals surface area contributed by atoms with Gasteiger partial charge in [-0.2, -0.15) is 0 Å². The molecule has 1 rings (SSSR count). The summed E-state index contributed by atoms with van der Waals surface area (Å²) in [6, 6.07) is 0. The molecule has 0 bridgehead atoms. The molecule has 1 fully saturated rings. The van der Waals surface area contributed by atoms with Crippen molar-refractivity contribution in [2.45, 2.75) is 161 Å². The molecule has 0 aliphatic carbocycles. The lowest BCUT2D eigenvalue weighted by Crippen LogP contribution is -2.29. The van der Waals surface area contributed by atoms with Crippen LogP contribution in [0.5, 0.6) is 0 Å². The fourth-order valence-electron chi connectivity index (χ4n) is 4.94. The van der Waals surface area contributed by atoms with Crippen LogP contribution in [-0.2, 0) is 32.9 Å². The number of phosphoric ester groups is 1. The second-order valence-electron chi connectivity index (χ2n) is 12.7. The first kappa shape index (κ1) is 42.3. The summed E-state index contributed by atoms with van der Waals surface area (Å²) in [4.78, 5) is 42.6. The highest BCUT2D eigenvalue weighted by Crippen LogP contribution is 2.36. The topological polar surface area (TPSA) is 132 Å². The summed E-state index contributed by atoms with van der Waals surface area (Å²) < 4.78 is 31.9. The summed E-state index contributed by atoms with van der Waals surface area (Å²) in [5, 5.41) is 0. The van der Waals surface area contributed by atoms with Crippen LogP contribution in [0.15, 0.2) is 36.5 Å². The van der Waals surface area contributed by atoms with Gasteiger partial charge in [-0.15, -0.1) is 0 Å². The van der Waals surface area contributed by atoms with Crippen molar-refractivity contribution in [2.24, 2.45) is 5.92 Å². The van der Waals surface area contributed by atoms with Crippen molar-refractivity contribution in [1.82, 2.24) is 0 Å². The molecule has 0 saturated carbocycles. The van der Waals surface area contributed by atoms with Gasteiger partial charge in [0.25, 0.3) is 0 Å². The third-order valence-corrected chi connectivity index (χ3v) is 8.23. The van der Waals surface area contributed by atoms with Gasteiger partial charge >= 0.3 is 19.8 Å². The molecule has 0 spiro atoms. The van der Waals surface area contributed by atoms with E-state index in [4.69, 9.17) is 24.0 Å². The largest absolute Gasteiger partial charge is 0.469 e. The third kappa shape index (κ3) is 27.4. The Morgan fingerprint density at radius 3 is 2.00 bits per heavy atom. The normalized spacial score (nSPS) is 17.4. The summed E-state index contributed by atoms with van der Waals surface area (Å²) in [5.74, 6) is -0.211. The third-order valence-electron chi connectivity index (χ3n) is 7.74. The van der Waals surface area contributed by atoms with Crippen molar-refractivity contribution in [2.75, 3.05) is 13.2 Å². The number of carbonyl (C=O) groups is 2. The molecule has 3 atom stereocenters. The lowest BCUT2D eigenvalue weighted by atomic mass is 10.0. The molecule has 266 valence electrons. The van der Waals surface area contributed by atoms with Crippen LogP contribution in [-0.4, -0.2) is 53.3 Å². The number of esters is 2. The molecule has 9 nitrogen and oxygen atoms in total. The summed E-state index contributed by atoms with van der Waals surface area (Å²) in [6.45, 7) is 5.83.